The van der Waals surface area contributed by atoms with E-state index in [4.69, 9.17) is 14.2 Å². The van der Waals surface area contributed by atoms with Crippen LogP contribution in [0.5, 0.6) is 17.2 Å². The zero-order valence-electron chi connectivity index (χ0n) is 10.4. The van der Waals surface area contributed by atoms with E-state index >= 15 is 0 Å². The summed E-state index contributed by atoms with van der Waals surface area (Å²) < 4.78 is 15.8. The second kappa shape index (κ2) is 4.87. The Morgan fingerprint density at radius 1 is 0.889 bits per heavy atom. The monoisotopic (exact) mass is 250 g/mol. The standard InChI is InChI=1S/C12H14N2O4/c1-16-7-4-9(17-2)12(10(5-7)18-3)8-6-11(15)14-13-8/h4-6H,1-3H3,(H2,13,14,15). The molecule has 2 N–H and O–H groups in total. The summed E-state index contributed by atoms with van der Waals surface area (Å²) in [5.74, 6) is 1.73. The highest BCUT2D eigenvalue weighted by molar-refractivity contribution is 5.75. The third kappa shape index (κ3) is 2.04. The Kier molecular flexibility index (Phi) is 3.27. The topological polar surface area (TPSA) is 76.3 Å². The number of rotatable bonds is 4. The van der Waals surface area contributed by atoms with E-state index < -0.39 is 0 Å². The van der Waals surface area contributed by atoms with Crippen LogP contribution in [-0.4, -0.2) is 31.5 Å². The third-order valence-corrected chi connectivity index (χ3v) is 2.58. The Labute approximate surface area is 103 Å². The van der Waals surface area contributed by atoms with E-state index in [1.54, 1.807) is 33.5 Å². The molecule has 0 aliphatic carbocycles. The van der Waals surface area contributed by atoms with Crippen molar-refractivity contribution in [3.05, 3.63) is 28.6 Å². The highest BCUT2D eigenvalue weighted by Gasteiger charge is 2.16. The number of methoxy groups -OCH3 is 3. The summed E-state index contributed by atoms with van der Waals surface area (Å²) in [5, 5.41) is 5.25. The lowest BCUT2D eigenvalue weighted by molar-refractivity contribution is 0.377. The van der Waals surface area contributed by atoms with Crippen molar-refractivity contribution in [2.24, 2.45) is 0 Å². The van der Waals surface area contributed by atoms with Gasteiger partial charge in [0.25, 0.3) is 5.56 Å². The van der Waals surface area contributed by atoms with Gasteiger partial charge in [-0.25, -0.2) is 0 Å². The third-order valence-electron chi connectivity index (χ3n) is 2.58. The predicted molar refractivity (Wildman–Crippen MR) is 66.5 cm³/mol. The normalized spacial score (nSPS) is 10.2. The van der Waals surface area contributed by atoms with Crippen LogP contribution in [-0.2, 0) is 0 Å². The van der Waals surface area contributed by atoms with Gasteiger partial charge in [-0.1, -0.05) is 0 Å². The van der Waals surface area contributed by atoms with Gasteiger partial charge in [0, 0.05) is 18.2 Å². The van der Waals surface area contributed by atoms with Crippen molar-refractivity contribution in [2.75, 3.05) is 21.3 Å². The fraction of sp³-hybridized carbons (Fsp3) is 0.250. The van der Waals surface area contributed by atoms with Crippen LogP contribution >= 0.6 is 0 Å². The van der Waals surface area contributed by atoms with E-state index in [-0.39, 0.29) is 5.56 Å². The van der Waals surface area contributed by atoms with Gasteiger partial charge in [0.1, 0.15) is 17.2 Å². The minimum Gasteiger partial charge on any atom is -0.496 e. The van der Waals surface area contributed by atoms with Crippen LogP contribution < -0.4 is 19.8 Å². The van der Waals surface area contributed by atoms with E-state index in [0.29, 0.717) is 28.5 Å². The van der Waals surface area contributed by atoms with Gasteiger partial charge in [0.05, 0.1) is 32.6 Å². The Morgan fingerprint density at radius 3 is 1.89 bits per heavy atom. The first kappa shape index (κ1) is 12.1. The predicted octanol–water partition coefficient (Wildman–Crippen LogP) is 1.40. The van der Waals surface area contributed by atoms with Crippen LogP contribution in [0.2, 0.25) is 0 Å². The van der Waals surface area contributed by atoms with E-state index in [1.165, 1.54) is 6.07 Å². The Morgan fingerprint density at radius 2 is 1.50 bits per heavy atom. The van der Waals surface area contributed by atoms with Crippen molar-refractivity contribution in [1.82, 2.24) is 10.2 Å². The Hall–Kier alpha value is -2.37. The maximum atomic E-state index is 11.2. The fourth-order valence-electron chi connectivity index (χ4n) is 1.74. The zero-order chi connectivity index (χ0) is 13.1. The molecule has 0 spiro atoms. The van der Waals surface area contributed by atoms with Crippen LogP contribution in [0.1, 0.15) is 0 Å². The van der Waals surface area contributed by atoms with Gasteiger partial charge in [0.2, 0.25) is 0 Å². The molecule has 2 rings (SSSR count). The number of aromatic nitrogens is 2. The molecule has 96 valence electrons. The lowest BCUT2D eigenvalue weighted by atomic mass is 10.1. The summed E-state index contributed by atoms with van der Waals surface area (Å²) in [6, 6.07) is 4.89. The number of benzene rings is 1. The summed E-state index contributed by atoms with van der Waals surface area (Å²) in [6.45, 7) is 0. The van der Waals surface area contributed by atoms with Gasteiger partial charge in [0.15, 0.2) is 0 Å². The molecule has 1 heterocycles. The second-order valence-electron chi connectivity index (χ2n) is 3.58. The van der Waals surface area contributed by atoms with Crippen molar-refractivity contribution in [2.45, 2.75) is 0 Å². The molecule has 0 saturated carbocycles. The highest BCUT2D eigenvalue weighted by atomic mass is 16.5. The molecular formula is C12H14N2O4. The van der Waals surface area contributed by atoms with Gasteiger partial charge in [-0.05, 0) is 0 Å². The molecule has 0 unspecified atom stereocenters. The number of ether oxygens (including phenoxy) is 3. The Balaban J connectivity index is 2.67. The summed E-state index contributed by atoms with van der Waals surface area (Å²) in [5.41, 5.74) is 1.04. The highest BCUT2D eigenvalue weighted by Crippen LogP contribution is 2.40. The molecule has 0 bridgehead atoms. The number of hydrogen-bond donors (Lipinski definition) is 2. The first-order valence-electron chi connectivity index (χ1n) is 5.27. The van der Waals surface area contributed by atoms with Gasteiger partial charge >= 0.3 is 0 Å². The first-order valence-corrected chi connectivity index (χ1v) is 5.27. The van der Waals surface area contributed by atoms with E-state index in [0.717, 1.165) is 0 Å². The molecule has 1 aromatic carbocycles. The lowest BCUT2D eigenvalue weighted by Gasteiger charge is -2.13. The summed E-state index contributed by atoms with van der Waals surface area (Å²) >= 11 is 0. The van der Waals surface area contributed by atoms with Gasteiger partial charge in [-0.3, -0.25) is 15.0 Å². The molecule has 0 amide bonds. The van der Waals surface area contributed by atoms with Gasteiger partial charge in [-0.15, -0.1) is 0 Å². The molecule has 6 heteroatoms. The quantitative estimate of drug-likeness (QED) is 0.859. The number of nitrogens with one attached hydrogen (secondary N) is 2. The maximum absolute atomic E-state index is 11.2. The molecule has 0 atom stereocenters. The minimum atomic E-state index is -0.218. The molecule has 0 aliphatic heterocycles. The SMILES string of the molecule is COc1cc(OC)c(-c2cc(=O)[nH][nH]2)c(OC)c1. The van der Waals surface area contributed by atoms with Crippen LogP contribution in [0.15, 0.2) is 23.0 Å². The largest absolute Gasteiger partial charge is 0.496 e. The Bertz CT molecular complexity index is 575. The van der Waals surface area contributed by atoms with Gasteiger partial charge < -0.3 is 14.2 Å². The van der Waals surface area contributed by atoms with Crippen LogP contribution in [0.25, 0.3) is 11.3 Å². The molecule has 0 saturated heterocycles. The molecular weight excluding hydrogens is 236 g/mol. The molecule has 18 heavy (non-hydrogen) atoms. The van der Waals surface area contributed by atoms with Crippen molar-refractivity contribution < 1.29 is 14.2 Å². The van der Waals surface area contributed by atoms with Crippen LogP contribution in [0.3, 0.4) is 0 Å². The first-order chi connectivity index (χ1) is 8.69. The number of aromatic amines is 2. The lowest BCUT2D eigenvalue weighted by Crippen LogP contribution is -1.95. The molecule has 6 nitrogen and oxygen atoms in total. The minimum absolute atomic E-state index is 0.218. The molecule has 0 radical (unpaired) electrons. The fourth-order valence-corrected chi connectivity index (χ4v) is 1.74. The van der Waals surface area contributed by atoms with E-state index in [2.05, 4.69) is 10.2 Å². The van der Waals surface area contributed by atoms with Crippen LogP contribution in [0, 0.1) is 0 Å². The number of hydrogen-bond acceptors (Lipinski definition) is 4. The van der Waals surface area contributed by atoms with Crippen molar-refractivity contribution in [3.63, 3.8) is 0 Å². The van der Waals surface area contributed by atoms with Crippen molar-refractivity contribution >= 4 is 0 Å². The average molecular weight is 250 g/mol. The average Bonchev–Trinajstić information content (AvgIpc) is 2.83. The second-order valence-corrected chi connectivity index (χ2v) is 3.58. The molecule has 2 aromatic rings. The van der Waals surface area contributed by atoms with Gasteiger partial charge in [-0.2, -0.15) is 0 Å². The molecule has 1 aromatic heterocycles. The summed E-state index contributed by atoms with van der Waals surface area (Å²) in [6.07, 6.45) is 0. The zero-order valence-corrected chi connectivity index (χ0v) is 10.4. The maximum Gasteiger partial charge on any atom is 0.264 e. The van der Waals surface area contributed by atoms with E-state index in [1.807, 2.05) is 0 Å². The molecule has 0 aliphatic rings. The number of H-pyrrole nitrogens is 2. The molecule has 0 fully saturated rings. The van der Waals surface area contributed by atoms with Crippen molar-refractivity contribution in [1.29, 1.82) is 0 Å². The van der Waals surface area contributed by atoms with E-state index in [9.17, 15) is 4.79 Å². The summed E-state index contributed by atoms with van der Waals surface area (Å²) in [4.78, 5) is 11.2. The van der Waals surface area contributed by atoms with Crippen LogP contribution in [0.4, 0.5) is 0 Å². The van der Waals surface area contributed by atoms with Crippen molar-refractivity contribution in [3.8, 4) is 28.5 Å². The summed E-state index contributed by atoms with van der Waals surface area (Å²) in [7, 11) is 4.65. The smallest absolute Gasteiger partial charge is 0.264 e.